The standard InChI is InChI=1S/C26H30OSi/c1-2-3-4-14-21-25-26(27-25)28(22-15-8-5-9-16-22,23-17-10-6-11-18-23)24-19-12-7-13-20-24/h5-13,15-20,25-26H,2-4,14,21H2,1H3/t25-,26+/m0/s1. The van der Waals surface area contributed by atoms with E-state index in [1.54, 1.807) is 0 Å². The molecule has 1 heterocycles. The molecule has 4 rings (SSSR count). The number of epoxide rings is 1. The highest BCUT2D eigenvalue weighted by atomic mass is 28.3. The highest BCUT2D eigenvalue weighted by molar-refractivity contribution is 7.12. The lowest BCUT2D eigenvalue weighted by molar-refractivity contribution is 0.378. The Bertz CT molecular complexity index is 751. The van der Waals surface area contributed by atoms with Crippen molar-refractivity contribution in [2.24, 2.45) is 0 Å². The maximum atomic E-state index is 6.49. The van der Waals surface area contributed by atoms with Crippen LogP contribution in [-0.4, -0.2) is 19.9 Å². The number of rotatable bonds is 9. The topological polar surface area (TPSA) is 12.5 Å². The monoisotopic (exact) mass is 386 g/mol. The first-order valence-corrected chi connectivity index (χ1v) is 12.8. The van der Waals surface area contributed by atoms with E-state index >= 15 is 0 Å². The predicted molar refractivity (Wildman–Crippen MR) is 121 cm³/mol. The molecule has 1 nitrogen and oxygen atoms in total. The Balaban J connectivity index is 1.77. The van der Waals surface area contributed by atoms with Gasteiger partial charge in [0.05, 0.1) is 11.8 Å². The molecule has 0 aromatic heterocycles. The smallest absolute Gasteiger partial charge is 0.182 e. The molecule has 0 radical (unpaired) electrons. The van der Waals surface area contributed by atoms with Crippen LogP contribution in [-0.2, 0) is 4.74 Å². The van der Waals surface area contributed by atoms with Crippen LogP contribution in [0.5, 0.6) is 0 Å². The summed E-state index contributed by atoms with van der Waals surface area (Å²) >= 11 is 0. The molecule has 0 aliphatic carbocycles. The average molecular weight is 387 g/mol. The molecule has 3 aromatic rings. The molecule has 0 amide bonds. The van der Waals surface area contributed by atoms with Gasteiger partial charge in [-0.05, 0) is 22.0 Å². The number of ether oxygens (including phenoxy) is 1. The molecule has 1 saturated heterocycles. The summed E-state index contributed by atoms with van der Waals surface area (Å²) in [5, 5.41) is 4.36. The van der Waals surface area contributed by atoms with Crippen LogP contribution in [0.1, 0.15) is 39.0 Å². The zero-order valence-electron chi connectivity index (χ0n) is 16.8. The summed E-state index contributed by atoms with van der Waals surface area (Å²) < 4.78 is 6.49. The Morgan fingerprint density at radius 2 is 1.11 bits per heavy atom. The van der Waals surface area contributed by atoms with Crippen molar-refractivity contribution in [3.63, 3.8) is 0 Å². The van der Waals surface area contributed by atoms with Crippen molar-refractivity contribution in [2.75, 3.05) is 0 Å². The molecular formula is C26H30OSi. The van der Waals surface area contributed by atoms with Gasteiger partial charge in [-0.2, -0.15) is 0 Å². The summed E-state index contributed by atoms with van der Waals surface area (Å²) in [6, 6.07) is 33.4. The largest absolute Gasteiger partial charge is 0.372 e. The Labute approximate surface area is 170 Å². The summed E-state index contributed by atoms with van der Waals surface area (Å²) in [4.78, 5) is 0. The molecule has 2 atom stereocenters. The second-order valence-corrected chi connectivity index (χ2v) is 11.8. The lowest BCUT2D eigenvalue weighted by Crippen LogP contribution is -2.71. The molecule has 28 heavy (non-hydrogen) atoms. The SMILES string of the molecule is CCCCCC[C@@H]1O[C@@H]1[Si](c1ccccc1)(c1ccccc1)c1ccccc1. The van der Waals surface area contributed by atoms with E-state index in [1.165, 1.54) is 47.7 Å². The maximum Gasteiger partial charge on any atom is 0.182 e. The molecule has 144 valence electrons. The second-order valence-electron chi connectivity index (χ2n) is 7.85. The van der Waals surface area contributed by atoms with Crippen molar-refractivity contribution in [3.05, 3.63) is 91.0 Å². The average Bonchev–Trinajstić information content (AvgIpc) is 3.54. The van der Waals surface area contributed by atoms with Gasteiger partial charge in [-0.15, -0.1) is 0 Å². The van der Waals surface area contributed by atoms with Crippen LogP contribution in [0.2, 0.25) is 0 Å². The number of hydrogen-bond donors (Lipinski definition) is 0. The van der Waals surface area contributed by atoms with Gasteiger partial charge in [0.1, 0.15) is 0 Å². The van der Waals surface area contributed by atoms with Crippen LogP contribution in [0.3, 0.4) is 0 Å². The fourth-order valence-corrected chi connectivity index (χ4v) is 9.86. The van der Waals surface area contributed by atoms with Gasteiger partial charge in [0.25, 0.3) is 0 Å². The molecule has 0 N–H and O–H groups in total. The highest BCUT2D eigenvalue weighted by Crippen LogP contribution is 2.35. The molecule has 0 bridgehead atoms. The third kappa shape index (κ3) is 3.72. The van der Waals surface area contributed by atoms with Crippen LogP contribution in [0.15, 0.2) is 91.0 Å². The minimum atomic E-state index is -2.24. The predicted octanol–water partition coefficient (Wildman–Crippen LogP) is 4.43. The normalized spacial score (nSPS) is 18.8. The molecule has 2 heteroatoms. The first-order chi connectivity index (χ1) is 13.9. The first kappa shape index (κ1) is 19.2. The fraction of sp³-hybridized carbons (Fsp3) is 0.308. The fourth-order valence-electron chi connectivity index (χ4n) is 4.61. The van der Waals surface area contributed by atoms with E-state index in [4.69, 9.17) is 4.74 Å². The van der Waals surface area contributed by atoms with Crippen molar-refractivity contribution in [1.29, 1.82) is 0 Å². The van der Waals surface area contributed by atoms with Gasteiger partial charge in [0.15, 0.2) is 8.07 Å². The van der Waals surface area contributed by atoms with Gasteiger partial charge in [0.2, 0.25) is 0 Å². The van der Waals surface area contributed by atoms with E-state index in [-0.39, 0.29) is 0 Å². The van der Waals surface area contributed by atoms with E-state index in [1.807, 2.05) is 0 Å². The van der Waals surface area contributed by atoms with Crippen LogP contribution in [0.25, 0.3) is 0 Å². The van der Waals surface area contributed by atoms with Crippen molar-refractivity contribution in [1.82, 2.24) is 0 Å². The van der Waals surface area contributed by atoms with Crippen LogP contribution in [0.4, 0.5) is 0 Å². The number of hydrogen-bond acceptors (Lipinski definition) is 1. The zero-order valence-corrected chi connectivity index (χ0v) is 17.8. The Morgan fingerprint density at radius 3 is 1.54 bits per heavy atom. The Morgan fingerprint density at radius 1 is 0.643 bits per heavy atom. The number of unbranched alkanes of at least 4 members (excludes halogenated alkanes) is 3. The van der Waals surface area contributed by atoms with Crippen molar-refractivity contribution >= 4 is 23.6 Å². The molecule has 1 aliphatic heterocycles. The first-order valence-electron chi connectivity index (χ1n) is 10.7. The highest BCUT2D eigenvalue weighted by Gasteiger charge is 2.58. The van der Waals surface area contributed by atoms with E-state index in [2.05, 4.69) is 97.9 Å². The van der Waals surface area contributed by atoms with Crippen molar-refractivity contribution < 1.29 is 4.74 Å². The molecule has 0 unspecified atom stereocenters. The quantitative estimate of drug-likeness (QED) is 0.229. The minimum absolute atomic E-state index is 0.321. The van der Waals surface area contributed by atoms with E-state index < -0.39 is 8.07 Å². The lowest BCUT2D eigenvalue weighted by Gasteiger charge is -2.32. The second kappa shape index (κ2) is 8.89. The summed E-state index contributed by atoms with van der Waals surface area (Å²) in [6.07, 6.45) is 6.79. The Kier molecular flexibility index (Phi) is 6.09. The van der Waals surface area contributed by atoms with Gasteiger partial charge >= 0.3 is 0 Å². The number of benzene rings is 3. The van der Waals surface area contributed by atoms with Crippen LogP contribution >= 0.6 is 0 Å². The summed E-state index contributed by atoms with van der Waals surface area (Å²) in [5.41, 5.74) is 0.321. The summed E-state index contributed by atoms with van der Waals surface area (Å²) in [5.74, 6) is 0. The van der Waals surface area contributed by atoms with Crippen LogP contribution < -0.4 is 15.6 Å². The van der Waals surface area contributed by atoms with Crippen molar-refractivity contribution in [2.45, 2.75) is 50.9 Å². The van der Waals surface area contributed by atoms with Gasteiger partial charge in [-0.3, -0.25) is 0 Å². The lowest BCUT2D eigenvalue weighted by atomic mass is 10.1. The van der Waals surface area contributed by atoms with Gasteiger partial charge < -0.3 is 4.74 Å². The van der Waals surface area contributed by atoms with Gasteiger partial charge in [-0.1, -0.05) is 124 Å². The van der Waals surface area contributed by atoms with E-state index in [0.29, 0.717) is 11.8 Å². The molecular weight excluding hydrogens is 356 g/mol. The summed E-state index contributed by atoms with van der Waals surface area (Å²) in [7, 11) is -2.24. The third-order valence-corrected chi connectivity index (χ3v) is 11.1. The van der Waals surface area contributed by atoms with Crippen molar-refractivity contribution in [3.8, 4) is 0 Å². The molecule has 1 aliphatic rings. The molecule has 1 fully saturated rings. The minimum Gasteiger partial charge on any atom is -0.372 e. The van der Waals surface area contributed by atoms with Gasteiger partial charge in [0, 0.05) is 0 Å². The van der Waals surface area contributed by atoms with E-state index in [9.17, 15) is 0 Å². The van der Waals surface area contributed by atoms with E-state index in [0.717, 1.165) is 0 Å². The summed E-state index contributed by atoms with van der Waals surface area (Å²) in [6.45, 7) is 2.27. The Hall–Kier alpha value is -2.16. The zero-order chi connectivity index (χ0) is 19.2. The molecule has 0 saturated carbocycles. The third-order valence-electron chi connectivity index (χ3n) is 6.04. The van der Waals surface area contributed by atoms with Crippen LogP contribution in [0, 0.1) is 0 Å². The molecule has 3 aromatic carbocycles. The molecule has 0 spiro atoms. The van der Waals surface area contributed by atoms with Gasteiger partial charge in [-0.25, -0.2) is 0 Å². The maximum absolute atomic E-state index is 6.49.